The molecule has 1 atom stereocenters. The van der Waals surface area contributed by atoms with Crippen molar-refractivity contribution in [1.29, 1.82) is 0 Å². The molecule has 124 valence electrons. The first-order chi connectivity index (χ1) is 11.7. The van der Waals surface area contributed by atoms with Crippen molar-refractivity contribution >= 4 is 16.9 Å². The van der Waals surface area contributed by atoms with Crippen LogP contribution in [0.1, 0.15) is 19.0 Å². The molecule has 2 aromatic heterocycles. The largest absolute Gasteiger partial charge is 0.337 e. The molecule has 1 saturated heterocycles. The fourth-order valence-corrected chi connectivity index (χ4v) is 3.24. The Morgan fingerprint density at radius 2 is 2.08 bits per heavy atom. The van der Waals surface area contributed by atoms with Crippen LogP contribution in [0.2, 0.25) is 0 Å². The molecule has 0 saturated carbocycles. The van der Waals surface area contributed by atoms with E-state index in [0.29, 0.717) is 6.04 Å². The molecule has 1 fully saturated rings. The monoisotopic (exact) mass is 322 g/mol. The van der Waals surface area contributed by atoms with Gasteiger partial charge < -0.3 is 10.2 Å². The van der Waals surface area contributed by atoms with Crippen LogP contribution in [0.5, 0.6) is 0 Å². The Hall–Kier alpha value is -2.47. The molecule has 1 aliphatic heterocycles. The van der Waals surface area contributed by atoms with E-state index in [9.17, 15) is 0 Å². The van der Waals surface area contributed by atoms with Crippen molar-refractivity contribution in [3.63, 3.8) is 0 Å². The van der Waals surface area contributed by atoms with E-state index < -0.39 is 0 Å². The third-order valence-electron chi connectivity index (χ3n) is 4.50. The van der Waals surface area contributed by atoms with E-state index >= 15 is 0 Å². The van der Waals surface area contributed by atoms with Crippen LogP contribution in [0.25, 0.3) is 16.7 Å². The molecule has 1 N–H and O–H groups in total. The predicted molar refractivity (Wildman–Crippen MR) is 95.7 cm³/mol. The van der Waals surface area contributed by atoms with Gasteiger partial charge in [-0.15, -0.1) is 0 Å². The van der Waals surface area contributed by atoms with Crippen LogP contribution in [0, 0.1) is 6.92 Å². The lowest BCUT2D eigenvalue weighted by atomic mass is 10.2. The van der Waals surface area contributed by atoms with Crippen molar-refractivity contribution in [2.24, 2.45) is 0 Å². The van der Waals surface area contributed by atoms with Gasteiger partial charge in [0.1, 0.15) is 0 Å². The normalized spacial score (nSPS) is 18.8. The van der Waals surface area contributed by atoms with Gasteiger partial charge in [0.25, 0.3) is 0 Å². The number of aromatic nitrogens is 4. The lowest BCUT2D eigenvalue weighted by Gasteiger charge is -2.27. The van der Waals surface area contributed by atoms with Crippen LogP contribution < -0.4 is 10.2 Å². The maximum Gasteiger partial charge on any atom is 0.227 e. The summed E-state index contributed by atoms with van der Waals surface area (Å²) in [6, 6.07) is 10.5. The second kappa shape index (κ2) is 6.20. The standard InChI is InChI=1S/C18H22N6/c1-13-10-17(24-16-7-4-3-6-15(16)12-20-24)22-18(21-13)23-9-5-8-19-11-14(23)2/h3-4,6-7,10,12,14,19H,5,8-9,11H2,1-2H3. The van der Waals surface area contributed by atoms with Crippen molar-refractivity contribution in [3.05, 3.63) is 42.2 Å². The molecule has 24 heavy (non-hydrogen) atoms. The fourth-order valence-electron chi connectivity index (χ4n) is 3.24. The number of nitrogens with one attached hydrogen (secondary N) is 1. The minimum Gasteiger partial charge on any atom is -0.337 e. The molecule has 6 nitrogen and oxygen atoms in total. The lowest BCUT2D eigenvalue weighted by Crippen LogP contribution is -2.38. The minimum absolute atomic E-state index is 0.372. The summed E-state index contributed by atoms with van der Waals surface area (Å²) in [4.78, 5) is 11.8. The molecule has 1 aliphatic rings. The lowest BCUT2D eigenvalue weighted by molar-refractivity contribution is 0.617. The number of hydrogen-bond acceptors (Lipinski definition) is 5. The molecule has 0 aliphatic carbocycles. The van der Waals surface area contributed by atoms with Gasteiger partial charge in [-0.25, -0.2) is 9.67 Å². The highest BCUT2D eigenvalue weighted by molar-refractivity contribution is 5.79. The van der Waals surface area contributed by atoms with Crippen LogP contribution in [0.15, 0.2) is 36.5 Å². The third-order valence-corrected chi connectivity index (χ3v) is 4.50. The summed E-state index contributed by atoms with van der Waals surface area (Å²) in [6.45, 7) is 7.20. The SMILES string of the molecule is Cc1cc(-n2ncc3ccccc32)nc(N2CCCNCC2C)n1. The van der Waals surface area contributed by atoms with E-state index in [2.05, 4.69) is 39.4 Å². The highest BCUT2D eigenvalue weighted by atomic mass is 15.3. The maximum atomic E-state index is 4.83. The number of hydrogen-bond donors (Lipinski definition) is 1. The first-order valence-corrected chi connectivity index (χ1v) is 8.48. The van der Waals surface area contributed by atoms with Gasteiger partial charge in [0.05, 0.1) is 11.7 Å². The van der Waals surface area contributed by atoms with Crippen molar-refractivity contribution in [3.8, 4) is 5.82 Å². The molecule has 6 heteroatoms. The Balaban J connectivity index is 1.79. The molecule has 0 radical (unpaired) electrons. The molecular formula is C18H22N6. The van der Waals surface area contributed by atoms with Crippen LogP contribution in [-0.2, 0) is 0 Å². The van der Waals surface area contributed by atoms with E-state index in [1.54, 1.807) is 0 Å². The Morgan fingerprint density at radius 3 is 3.00 bits per heavy atom. The number of rotatable bonds is 2. The van der Waals surface area contributed by atoms with E-state index in [0.717, 1.165) is 54.4 Å². The fraction of sp³-hybridized carbons (Fsp3) is 0.389. The van der Waals surface area contributed by atoms with Gasteiger partial charge >= 0.3 is 0 Å². The van der Waals surface area contributed by atoms with Gasteiger partial charge in [-0.3, -0.25) is 0 Å². The molecule has 0 bridgehead atoms. The first-order valence-electron chi connectivity index (χ1n) is 8.48. The number of benzene rings is 1. The zero-order valence-electron chi connectivity index (χ0n) is 14.1. The molecule has 3 aromatic rings. The minimum atomic E-state index is 0.372. The quantitative estimate of drug-likeness (QED) is 0.784. The van der Waals surface area contributed by atoms with E-state index in [4.69, 9.17) is 4.98 Å². The Bertz CT molecular complexity index is 856. The summed E-state index contributed by atoms with van der Waals surface area (Å²) in [5.41, 5.74) is 2.02. The third kappa shape index (κ3) is 2.73. The Kier molecular flexibility index (Phi) is 3.90. The zero-order valence-corrected chi connectivity index (χ0v) is 14.1. The smallest absolute Gasteiger partial charge is 0.227 e. The highest BCUT2D eigenvalue weighted by Gasteiger charge is 2.20. The van der Waals surface area contributed by atoms with Gasteiger partial charge in [0.15, 0.2) is 5.82 Å². The Morgan fingerprint density at radius 1 is 1.21 bits per heavy atom. The summed E-state index contributed by atoms with van der Waals surface area (Å²) < 4.78 is 1.90. The molecule has 3 heterocycles. The number of fused-ring (bicyclic) bond motifs is 1. The Labute approximate surface area is 141 Å². The molecule has 0 spiro atoms. The van der Waals surface area contributed by atoms with E-state index in [1.807, 2.05) is 36.0 Å². The molecule has 1 unspecified atom stereocenters. The number of aryl methyl sites for hydroxylation is 1. The summed E-state index contributed by atoms with van der Waals surface area (Å²) in [5.74, 6) is 1.61. The molecule has 4 rings (SSSR count). The summed E-state index contributed by atoms with van der Waals surface area (Å²) in [5, 5.41) is 9.10. The summed E-state index contributed by atoms with van der Waals surface area (Å²) >= 11 is 0. The van der Waals surface area contributed by atoms with Crippen LogP contribution in [0.4, 0.5) is 5.95 Å². The van der Waals surface area contributed by atoms with Gasteiger partial charge in [0.2, 0.25) is 5.95 Å². The average Bonchev–Trinajstić information content (AvgIpc) is 2.89. The molecule has 0 amide bonds. The van der Waals surface area contributed by atoms with Gasteiger partial charge in [-0.2, -0.15) is 10.1 Å². The van der Waals surface area contributed by atoms with Crippen molar-refractivity contribution in [2.45, 2.75) is 26.3 Å². The highest BCUT2D eigenvalue weighted by Crippen LogP contribution is 2.20. The first kappa shape index (κ1) is 15.1. The number of anilines is 1. The van der Waals surface area contributed by atoms with Crippen LogP contribution >= 0.6 is 0 Å². The average molecular weight is 322 g/mol. The maximum absolute atomic E-state index is 4.83. The van der Waals surface area contributed by atoms with Crippen molar-refractivity contribution < 1.29 is 0 Å². The van der Waals surface area contributed by atoms with Gasteiger partial charge in [0, 0.05) is 36.3 Å². The molecular weight excluding hydrogens is 300 g/mol. The second-order valence-electron chi connectivity index (χ2n) is 6.38. The molecule has 1 aromatic carbocycles. The van der Waals surface area contributed by atoms with Crippen LogP contribution in [0.3, 0.4) is 0 Å². The van der Waals surface area contributed by atoms with Gasteiger partial charge in [-0.05, 0) is 32.9 Å². The van der Waals surface area contributed by atoms with E-state index in [1.165, 1.54) is 0 Å². The van der Waals surface area contributed by atoms with E-state index in [-0.39, 0.29) is 0 Å². The number of para-hydroxylation sites is 1. The topological polar surface area (TPSA) is 58.9 Å². The zero-order chi connectivity index (χ0) is 16.5. The summed E-state index contributed by atoms with van der Waals surface area (Å²) in [6.07, 6.45) is 2.98. The van der Waals surface area contributed by atoms with Gasteiger partial charge in [-0.1, -0.05) is 18.2 Å². The summed E-state index contributed by atoms with van der Waals surface area (Å²) in [7, 11) is 0. The van der Waals surface area contributed by atoms with Crippen LogP contribution in [-0.4, -0.2) is 45.4 Å². The second-order valence-corrected chi connectivity index (χ2v) is 6.38. The van der Waals surface area contributed by atoms with Crippen molar-refractivity contribution in [2.75, 3.05) is 24.5 Å². The number of nitrogens with zero attached hydrogens (tertiary/aromatic N) is 5. The predicted octanol–water partition coefficient (Wildman–Crippen LogP) is 2.31. The van der Waals surface area contributed by atoms with Crippen molar-refractivity contribution in [1.82, 2.24) is 25.1 Å².